The first-order valence-corrected chi connectivity index (χ1v) is 16.4. The van der Waals surface area contributed by atoms with Crippen LogP contribution in [0.4, 0.5) is 5.82 Å². The minimum Gasteiger partial charge on any atom is -0.474 e. The number of anilines is 1. The fourth-order valence-corrected chi connectivity index (χ4v) is 6.94. The van der Waals surface area contributed by atoms with Gasteiger partial charge in [-0.3, -0.25) is 0 Å². The third-order valence-corrected chi connectivity index (χ3v) is 9.21. The van der Waals surface area contributed by atoms with Crippen molar-refractivity contribution in [2.45, 2.75) is 24.5 Å². The highest BCUT2D eigenvalue weighted by molar-refractivity contribution is 5.97. The molecule has 236 valence electrons. The monoisotopic (exact) mass is 623 g/mol. The summed E-state index contributed by atoms with van der Waals surface area (Å²) in [6.45, 7) is 4.31. The molecular weight excluding hydrogens is 586 g/mol. The second-order valence-corrected chi connectivity index (χ2v) is 12.0. The van der Waals surface area contributed by atoms with Gasteiger partial charge in [0.25, 0.3) is 0 Å². The molecule has 6 aromatic rings. The number of hydrogen-bond acceptors (Lipinski definition) is 7. The highest BCUT2D eigenvalue weighted by Gasteiger charge is 2.41. The Labute approximate surface area is 274 Å². The number of aromatic nitrogens is 4. The summed E-state index contributed by atoms with van der Waals surface area (Å²) in [5, 5.41) is 6.41. The predicted molar refractivity (Wildman–Crippen MR) is 183 cm³/mol. The van der Waals surface area contributed by atoms with Gasteiger partial charge in [0.2, 0.25) is 5.88 Å². The molecule has 47 heavy (non-hydrogen) atoms. The molecule has 0 spiro atoms. The molecule has 2 saturated heterocycles. The fourth-order valence-electron chi connectivity index (χ4n) is 6.94. The van der Waals surface area contributed by atoms with Crippen LogP contribution in [0, 0.1) is 0 Å². The summed E-state index contributed by atoms with van der Waals surface area (Å²) in [5.74, 6) is 1.47. The number of nitrogens with zero attached hydrogens (tertiary/aromatic N) is 5. The van der Waals surface area contributed by atoms with Crippen molar-refractivity contribution in [1.29, 1.82) is 0 Å². The lowest BCUT2D eigenvalue weighted by Crippen LogP contribution is -2.38. The maximum atomic E-state index is 6.72. The van der Waals surface area contributed by atoms with E-state index in [9.17, 15) is 0 Å². The second kappa shape index (κ2) is 13.0. The van der Waals surface area contributed by atoms with Crippen LogP contribution in [0.2, 0.25) is 0 Å². The van der Waals surface area contributed by atoms with E-state index in [1.807, 2.05) is 12.3 Å². The summed E-state index contributed by atoms with van der Waals surface area (Å²) in [6.07, 6.45) is 3.47. The van der Waals surface area contributed by atoms with Crippen LogP contribution >= 0.6 is 0 Å². The standard InChI is InChI=1S/C39H37N5O3/c1-4-11-29(12-5-1)39(30-13-6-2-7-14-30,31-15-8-3-9-16-31)44-34-19-22-40-38(47-32-20-25-45-26-21-32)36(34)37(42-44)33-17-10-18-35(41-33)43-23-27-46-28-24-43/h1-19,22,32H,20-21,23-28H2. The first-order chi connectivity index (χ1) is 23.3. The fraction of sp³-hybridized carbons (Fsp3) is 0.256. The van der Waals surface area contributed by atoms with Crippen LogP contribution in [0.5, 0.6) is 5.88 Å². The van der Waals surface area contributed by atoms with Crippen LogP contribution in [0.1, 0.15) is 29.5 Å². The topological polar surface area (TPSA) is 74.5 Å². The minimum atomic E-state index is -0.820. The molecule has 8 rings (SSSR count). The van der Waals surface area contributed by atoms with Gasteiger partial charge in [-0.25, -0.2) is 14.6 Å². The van der Waals surface area contributed by atoms with Crippen molar-refractivity contribution in [2.75, 3.05) is 44.4 Å². The summed E-state index contributed by atoms with van der Waals surface area (Å²) in [4.78, 5) is 12.3. The molecule has 0 bridgehead atoms. The Kier molecular flexibility index (Phi) is 8.11. The van der Waals surface area contributed by atoms with E-state index in [0.717, 1.165) is 70.7 Å². The van der Waals surface area contributed by atoms with E-state index >= 15 is 0 Å². The van der Waals surface area contributed by atoms with Gasteiger partial charge in [0, 0.05) is 32.1 Å². The van der Waals surface area contributed by atoms with Crippen molar-refractivity contribution in [3.05, 3.63) is 138 Å². The molecule has 3 aromatic carbocycles. The third kappa shape index (κ3) is 5.43. The van der Waals surface area contributed by atoms with E-state index < -0.39 is 5.54 Å². The van der Waals surface area contributed by atoms with Gasteiger partial charge in [-0.2, -0.15) is 5.10 Å². The van der Waals surface area contributed by atoms with Crippen LogP contribution in [0.25, 0.3) is 22.3 Å². The zero-order valence-electron chi connectivity index (χ0n) is 26.2. The number of fused-ring (bicyclic) bond motifs is 1. The Morgan fingerprint density at radius 2 is 1.26 bits per heavy atom. The molecule has 8 heteroatoms. The average molecular weight is 624 g/mol. The zero-order valence-corrected chi connectivity index (χ0v) is 26.2. The number of pyridine rings is 2. The van der Waals surface area contributed by atoms with E-state index in [1.165, 1.54) is 0 Å². The lowest BCUT2D eigenvalue weighted by atomic mass is 9.77. The van der Waals surface area contributed by atoms with Crippen LogP contribution in [-0.4, -0.2) is 65.4 Å². The molecule has 0 amide bonds. The maximum Gasteiger partial charge on any atom is 0.225 e. The lowest BCUT2D eigenvalue weighted by molar-refractivity contribution is 0.0244. The number of benzene rings is 3. The molecular formula is C39H37N5O3. The highest BCUT2D eigenvalue weighted by atomic mass is 16.5. The molecule has 0 unspecified atom stereocenters. The van der Waals surface area contributed by atoms with E-state index in [4.69, 9.17) is 29.3 Å². The maximum absolute atomic E-state index is 6.72. The quantitative estimate of drug-likeness (QED) is 0.174. The summed E-state index contributed by atoms with van der Waals surface area (Å²) in [6, 6.07) is 40.1. The van der Waals surface area contributed by atoms with Gasteiger partial charge < -0.3 is 19.1 Å². The van der Waals surface area contributed by atoms with Gasteiger partial charge in [-0.15, -0.1) is 0 Å². The number of hydrogen-bond donors (Lipinski definition) is 0. The molecule has 8 nitrogen and oxygen atoms in total. The largest absolute Gasteiger partial charge is 0.474 e. The summed E-state index contributed by atoms with van der Waals surface area (Å²) in [7, 11) is 0. The molecule has 0 N–H and O–H groups in total. The van der Waals surface area contributed by atoms with Crippen LogP contribution in [0.15, 0.2) is 121 Å². The molecule has 2 aliphatic rings. The van der Waals surface area contributed by atoms with E-state index in [0.29, 0.717) is 32.3 Å². The molecule has 3 aromatic heterocycles. The van der Waals surface area contributed by atoms with Crippen molar-refractivity contribution in [3.8, 4) is 17.3 Å². The third-order valence-electron chi connectivity index (χ3n) is 9.21. The van der Waals surface area contributed by atoms with Gasteiger partial charge in [0.15, 0.2) is 0 Å². The molecule has 2 aliphatic heterocycles. The smallest absolute Gasteiger partial charge is 0.225 e. The molecule has 0 radical (unpaired) electrons. The van der Waals surface area contributed by atoms with E-state index in [-0.39, 0.29) is 6.10 Å². The van der Waals surface area contributed by atoms with Gasteiger partial charge in [-0.1, -0.05) is 97.1 Å². The average Bonchev–Trinajstić information content (AvgIpc) is 3.55. The summed E-state index contributed by atoms with van der Waals surface area (Å²) >= 11 is 0. The normalized spacial score (nSPS) is 16.0. The van der Waals surface area contributed by atoms with Crippen molar-refractivity contribution in [3.63, 3.8) is 0 Å². The molecule has 0 saturated carbocycles. The Hall–Kier alpha value is -5.05. The van der Waals surface area contributed by atoms with Crippen LogP contribution in [-0.2, 0) is 15.0 Å². The predicted octanol–water partition coefficient (Wildman–Crippen LogP) is 6.73. The lowest BCUT2D eigenvalue weighted by Gasteiger charge is -2.37. The minimum absolute atomic E-state index is 0.00724. The van der Waals surface area contributed by atoms with Crippen LogP contribution in [0.3, 0.4) is 0 Å². The Morgan fingerprint density at radius 3 is 1.87 bits per heavy atom. The number of rotatable bonds is 8. The Bertz CT molecular complexity index is 1840. The van der Waals surface area contributed by atoms with Gasteiger partial charge in [-0.05, 0) is 34.9 Å². The summed E-state index contributed by atoms with van der Waals surface area (Å²) < 4.78 is 20.2. The molecule has 2 fully saturated rings. The van der Waals surface area contributed by atoms with E-state index in [2.05, 4.69) is 119 Å². The zero-order chi connectivity index (χ0) is 31.5. The Morgan fingerprint density at radius 1 is 0.660 bits per heavy atom. The van der Waals surface area contributed by atoms with Crippen molar-refractivity contribution >= 4 is 16.7 Å². The van der Waals surface area contributed by atoms with Crippen LogP contribution < -0.4 is 9.64 Å². The number of ether oxygens (including phenoxy) is 3. The summed E-state index contributed by atoms with van der Waals surface area (Å²) in [5.41, 5.74) is 4.86. The first kappa shape index (κ1) is 29.4. The highest BCUT2D eigenvalue weighted by Crippen LogP contribution is 2.45. The van der Waals surface area contributed by atoms with Crippen molar-refractivity contribution in [1.82, 2.24) is 19.7 Å². The molecule has 5 heterocycles. The van der Waals surface area contributed by atoms with Crippen molar-refractivity contribution in [2.24, 2.45) is 0 Å². The van der Waals surface area contributed by atoms with Gasteiger partial charge in [0.05, 0.1) is 43.0 Å². The molecule has 0 atom stereocenters. The molecule has 0 aliphatic carbocycles. The number of morpholine rings is 1. The SMILES string of the molecule is c1ccc(C(c2ccccc2)(c2ccccc2)n2nc(-c3cccc(N4CCOCC4)n3)c3c(OC4CCOCC4)nccc32)cc1. The van der Waals surface area contributed by atoms with Gasteiger partial charge >= 0.3 is 0 Å². The first-order valence-electron chi connectivity index (χ1n) is 16.4. The Balaban J connectivity index is 1.43. The second-order valence-electron chi connectivity index (χ2n) is 12.0. The van der Waals surface area contributed by atoms with E-state index in [1.54, 1.807) is 0 Å². The van der Waals surface area contributed by atoms with Gasteiger partial charge in [0.1, 0.15) is 23.2 Å². The van der Waals surface area contributed by atoms with Crippen molar-refractivity contribution < 1.29 is 14.2 Å².